The lowest BCUT2D eigenvalue weighted by Gasteiger charge is -2.18. The van der Waals surface area contributed by atoms with E-state index >= 15 is 0 Å². The van der Waals surface area contributed by atoms with Gasteiger partial charge in [0.15, 0.2) is 11.5 Å². The van der Waals surface area contributed by atoms with E-state index in [4.69, 9.17) is 27.9 Å². The number of methoxy groups -OCH3 is 1. The molecule has 0 fully saturated rings. The van der Waals surface area contributed by atoms with Crippen LogP contribution < -0.4 is 10.1 Å². The Morgan fingerprint density at radius 1 is 1.15 bits per heavy atom. The predicted octanol–water partition coefficient (Wildman–Crippen LogP) is 4.88. The van der Waals surface area contributed by atoms with Crippen LogP contribution in [0.2, 0.25) is 10.0 Å². The minimum absolute atomic E-state index is 0.0135. The van der Waals surface area contributed by atoms with Crippen LogP contribution in [0.4, 0.5) is 5.69 Å². The van der Waals surface area contributed by atoms with Gasteiger partial charge in [-0.1, -0.05) is 29.3 Å². The second kappa shape index (κ2) is 6.25. The van der Waals surface area contributed by atoms with Gasteiger partial charge in [0.1, 0.15) is 0 Å². The fourth-order valence-electron chi connectivity index (χ4n) is 1.89. The Bertz CT molecular complexity index is 617. The molecule has 0 aliphatic heterocycles. The van der Waals surface area contributed by atoms with Gasteiger partial charge in [-0.3, -0.25) is 0 Å². The molecule has 5 heteroatoms. The molecular formula is C15H15Cl2NO2. The summed E-state index contributed by atoms with van der Waals surface area (Å²) < 4.78 is 5.10. The first kappa shape index (κ1) is 14.8. The third kappa shape index (κ3) is 3.30. The summed E-state index contributed by atoms with van der Waals surface area (Å²) in [4.78, 5) is 0. The van der Waals surface area contributed by atoms with E-state index in [1.807, 2.05) is 13.0 Å². The van der Waals surface area contributed by atoms with Crippen LogP contribution in [0.25, 0.3) is 0 Å². The Balaban J connectivity index is 2.23. The minimum atomic E-state index is -0.0135. The van der Waals surface area contributed by atoms with Crippen molar-refractivity contribution in [2.45, 2.75) is 13.0 Å². The first-order valence-electron chi connectivity index (χ1n) is 6.09. The zero-order valence-corrected chi connectivity index (χ0v) is 12.7. The Labute approximate surface area is 128 Å². The average Bonchev–Trinajstić information content (AvgIpc) is 2.43. The quantitative estimate of drug-likeness (QED) is 0.845. The van der Waals surface area contributed by atoms with Gasteiger partial charge in [0.05, 0.1) is 17.8 Å². The first-order chi connectivity index (χ1) is 9.51. The third-order valence-corrected chi connectivity index (χ3v) is 3.57. The monoisotopic (exact) mass is 311 g/mol. The highest BCUT2D eigenvalue weighted by Gasteiger charge is 2.11. The SMILES string of the molecule is COc1cc(C(C)Nc2cc(Cl)ccc2Cl)ccc1O. The number of phenolic OH excluding ortho intramolecular Hbond substituents is 1. The molecule has 1 atom stereocenters. The van der Waals surface area contributed by atoms with E-state index in [1.54, 1.807) is 30.3 Å². The maximum Gasteiger partial charge on any atom is 0.160 e. The largest absolute Gasteiger partial charge is 0.504 e. The molecule has 2 aromatic rings. The summed E-state index contributed by atoms with van der Waals surface area (Å²) in [5.74, 6) is 0.553. The van der Waals surface area contributed by atoms with Crippen molar-refractivity contribution in [2.24, 2.45) is 0 Å². The molecule has 0 aromatic heterocycles. The van der Waals surface area contributed by atoms with E-state index in [0.29, 0.717) is 15.8 Å². The van der Waals surface area contributed by atoms with Crippen LogP contribution in [0.5, 0.6) is 11.5 Å². The maximum atomic E-state index is 9.60. The summed E-state index contributed by atoms with van der Waals surface area (Å²) in [5, 5.41) is 14.1. The number of hydrogen-bond donors (Lipinski definition) is 2. The number of benzene rings is 2. The number of phenols is 1. The zero-order valence-electron chi connectivity index (χ0n) is 11.2. The lowest BCUT2D eigenvalue weighted by molar-refractivity contribution is 0.373. The summed E-state index contributed by atoms with van der Waals surface area (Å²) in [6.07, 6.45) is 0. The fourth-order valence-corrected chi connectivity index (χ4v) is 2.23. The number of nitrogens with one attached hydrogen (secondary N) is 1. The van der Waals surface area contributed by atoms with Gasteiger partial charge in [-0.15, -0.1) is 0 Å². The first-order valence-corrected chi connectivity index (χ1v) is 6.85. The number of hydrogen-bond acceptors (Lipinski definition) is 3. The highest BCUT2D eigenvalue weighted by atomic mass is 35.5. The normalized spacial score (nSPS) is 12.0. The van der Waals surface area contributed by atoms with Gasteiger partial charge in [0.25, 0.3) is 0 Å². The molecule has 0 aliphatic carbocycles. The van der Waals surface area contributed by atoms with Crippen LogP contribution in [0, 0.1) is 0 Å². The number of rotatable bonds is 4. The van der Waals surface area contributed by atoms with Crippen LogP contribution >= 0.6 is 23.2 Å². The molecule has 0 saturated heterocycles. The number of ether oxygens (including phenoxy) is 1. The summed E-state index contributed by atoms with van der Waals surface area (Å²) in [7, 11) is 1.52. The van der Waals surface area contributed by atoms with Gasteiger partial charge >= 0.3 is 0 Å². The Morgan fingerprint density at radius 3 is 2.60 bits per heavy atom. The maximum absolute atomic E-state index is 9.60. The molecule has 0 bridgehead atoms. The highest BCUT2D eigenvalue weighted by molar-refractivity contribution is 6.35. The Hall–Kier alpha value is -1.58. The van der Waals surface area contributed by atoms with Crippen molar-refractivity contribution >= 4 is 28.9 Å². The summed E-state index contributed by atoms with van der Waals surface area (Å²) in [5.41, 5.74) is 1.73. The second-order valence-electron chi connectivity index (χ2n) is 4.42. The smallest absolute Gasteiger partial charge is 0.160 e. The molecule has 0 heterocycles. The van der Waals surface area contributed by atoms with Crippen molar-refractivity contribution in [3.05, 3.63) is 52.0 Å². The van der Waals surface area contributed by atoms with Crippen molar-refractivity contribution in [1.29, 1.82) is 0 Å². The standard InChI is InChI=1S/C15H15Cl2NO2/c1-9(10-3-6-14(19)15(7-10)20-2)18-13-8-11(16)4-5-12(13)17/h3-9,18-19H,1-2H3. The van der Waals surface area contributed by atoms with Gasteiger partial charge in [-0.2, -0.15) is 0 Å². The molecule has 0 aliphatic rings. The molecule has 106 valence electrons. The average molecular weight is 312 g/mol. The molecule has 0 saturated carbocycles. The van der Waals surface area contributed by atoms with Gasteiger partial charge < -0.3 is 15.2 Å². The second-order valence-corrected chi connectivity index (χ2v) is 5.27. The van der Waals surface area contributed by atoms with E-state index in [1.165, 1.54) is 7.11 Å². The van der Waals surface area contributed by atoms with Gasteiger partial charge in [-0.25, -0.2) is 0 Å². The van der Waals surface area contributed by atoms with Gasteiger partial charge in [0, 0.05) is 11.1 Å². The van der Waals surface area contributed by atoms with Crippen LogP contribution in [0.3, 0.4) is 0 Å². The van der Waals surface area contributed by atoms with Crippen molar-refractivity contribution in [1.82, 2.24) is 0 Å². The molecule has 2 rings (SSSR count). The van der Waals surface area contributed by atoms with Crippen molar-refractivity contribution in [3.8, 4) is 11.5 Å². The summed E-state index contributed by atoms with van der Waals surface area (Å²) >= 11 is 12.1. The van der Waals surface area contributed by atoms with E-state index < -0.39 is 0 Å². The van der Waals surface area contributed by atoms with E-state index in [-0.39, 0.29) is 11.8 Å². The van der Waals surface area contributed by atoms with Gasteiger partial charge in [-0.05, 0) is 42.8 Å². The molecule has 0 radical (unpaired) electrons. The molecule has 2 aromatic carbocycles. The summed E-state index contributed by atoms with van der Waals surface area (Å²) in [6, 6.07) is 10.5. The lowest BCUT2D eigenvalue weighted by atomic mass is 10.1. The van der Waals surface area contributed by atoms with Crippen LogP contribution in [-0.2, 0) is 0 Å². The molecule has 3 nitrogen and oxygen atoms in total. The van der Waals surface area contributed by atoms with Gasteiger partial charge in [0.2, 0.25) is 0 Å². The van der Waals surface area contributed by atoms with Crippen LogP contribution in [0.1, 0.15) is 18.5 Å². The van der Waals surface area contributed by atoms with E-state index in [0.717, 1.165) is 11.3 Å². The van der Waals surface area contributed by atoms with Crippen molar-refractivity contribution in [2.75, 3.05) is 12.4 Å². The molecule has 20 heavy (non-hydrogen) atoms. The van der Waals surface area contributed by atoms with Crippen molar-refractivity contribution in [3.63, 3.8) is 0 Å². The highest BCUT2D eigenvalue weighted by Crippen LogP contribution is 2.32. The molecule has 1 unspecified atom stereocenters. The number of aromatic hydroxyl groups is 1. The Morgan fingerprint density at radius 2 is 1.90 bits per heavy atom. The molecular weight excluding hydrogens is 297 g/mol. The summed E-state index contributed by atoms with van der Waals surface area (Å²) in [6.45, 7) is 1.99. The molecule has 0 spiro atoms. The zero-order chi connectivity index (χ0) is 14.7. The van der Waals surface area contributed by atoms with Crippen LogP contribution in [0.15, 0.2) is 36.4 Å². The molecule has 2 N–H and O–H groups in total. The lowest BCUT2D eigenvalue weighted by Crippen LogP contribution is -2.07. The fraction of sp³-hybridized carbons (Fsp3) is 0.200. The number of anilines is 1. The van der Waals surface area contributed by atoms with E-state index in [9.17, 15) is 5.11 Å². The topological polar surface area (TPSA) is 41.5 Å². The van der Waals surface area contributed by atoms with Crippen molar-refractivity contribution < 1.29 is 9.84 Å². The predicted molar refractivity (Wildman–Crippen MR) is 83.2 cm³/mol. The van der Waals surface area contributed by atoms with E-state index in [2.05, 4.69) is 5.32 Å². The minimum Gasteiger partial charge on any atom is -0.504 e. The number of halogens is 2. The Kier molecular flexibility index (Phi) is 4.63. The third-order valence-electron chi connectivity index (χ3n) is 3.00. The molecule has 0 amide bonds. The van der Waals surface area contributed by atoms with Crippen LogP contribution in [-0.4, -0.2) is 12.2 Å².